The normalized spacial score (nSPS) is 12.3. The van der Waals surface area contributed by atoms with Gasteiger partial charge in [0.15, 0.2) is 0 Å². The number of benzene rings is 3. The van der Waals surface area contributed by atoms with Crippen molar-refractivity contribution >= 4 is 38.4 Å². The molecule has 0 aliphatic heterocycles. The SMILES string of the molecule is CCOC(=O)C(Cc1ccc(N)cc1)C(=O)NS(=O)(=O)c1ccc2ccccc2c1. The summed E-state index contributed by atoms with van der Waals surface area (Å²) in [4.78, 5) is 25.1. The van der Waals surface area contributed by atoms with Crippen LogP contribution in [-0.2, 0) is 30.8 Å². The number of rotatable bonds is 7. The minimum atomic E-state index is -4.17. The van der Waals surface area contributed by atoms with Gasteiger partial charge in [-0.25, -0.2) is 13.1 Å². The van der Waals surface area contributed by atoms with Crippen LogP contribution in [0.2, 0.25) is 0 Å². The fourth-order valence-corrected chi connectivity index (χ4v) is 4.07. The van der Waals surface area contributed by atoms with Gasteiger partial charge >= 0.3 is 5.97 Å². The summed E-state index contributed by atoms with van der Waals surface area (Å²) in [6, 6.07) is 18.4. The molecule has 1 amide bonds. The third kappa shape index (κ3) is 4.96. The first-order chi connectivity index (χ1) is 14.3. The molecule has 3 N–H and O–H groups in total. The number of nitrogens with one attached hydrogen (secondary N) is 1. The number of ether oxygens (including phenoxy) is 1. The summed E-state index contributed by atoms with van der Waals surface area (Å²) in [5.41, 5.74) is 6.85. The molecule has 3 aromatic carbocycles. The first-order valence-electron chi connectivity index (χ1n) is 9.36. The Morgan fingerprint density at radius 3 is 2.33 bits per heavy atom. The lowest BCUT2D eigenvalue weighted by atomic mass is 9.98. The number of amides is 1. The molecule has 3 rings (SSSR count). The predicted molar refractivity (Wildman–Crippen MR) is 114 cm³/mol. The summed E-state index contributed by atoms with van der Waals surface area (Å²) in [6.07, 6.45) is -0.0157. The van der Waals surface area contributed by atoms with E-state index in [1.54, 1.807) is 49.4 Å². The quantitative estimate of drug-likeness (QED) is 0.341. The van der Waals surface area contributed by atoms with Crippen LogP contribution in [0, 0.1) is 5.92 Å². The summed E-state index contributed by atoms with van der Waals surface area (Å²) in [5.74, 6) is -3.05. The summed E-state index contributed by atoms with van der Waals surface area (Å²) < 4.78 is 32.5. The number of carbonyl (C=O) groups is 2. The van der Waals surface area contributed by atoms with Gasteiger partial charge in [0.1, 0.15) is 5.92 Å². The van der Waals surface area contributed by atoms with Gasteiger partial charge in [0.2, 0.25) is 5.91 Å². The Balaban J connectivity index is 1.85. The van der Waals surface area contributed by atoms with Gasteiger partial charge in [0.25, 0.3) is 10.0 Å². The molecular formula is C22H22N2O5S. The highest BCUT2D eigenvalue weighted by Gasteiger charge is 2.31. The van der Waals surface area contributed by atoms with Crippen LogP contribution in [0.25, 0.3) is 10.8 Å². The molecule has 0 radical (unpaired) electrons. The van der Waals surface area contributed by atoms with Crippen LogP contribution in [-0.4, -0.2) is 26.9 Å². The average Bonchev–Trinajstić information content (AvgIpc) is 2.72. The second-order valence-electron chi connectivity index (χ2n) is 6.73. The Labute approximate surface area is 174 Å². The van der Waals surface area contributed by atoms with E-state index in [0.717, 1.165) is 10.8 Å². The van der Waals surface area contributed by atoms with Crippen molar-refractivity contribution in [1.29, 1.82) is 0 Å². The third-order valence-corrected chi connectivity index (χ3v) is 5.92. The van der Waals surface area contributed by atoms with Crippen molar-refractivity contribution in [1.82, 2.24) is 4.72 Å². The zero-order valence-corrected chi connectivity index (χ0v) is 17.2. The second-order valence-corrected chi connectivity index (χ2v) is 8.41. The predicted octanol–water partition coefficient (Wildman–Crippen LogP) is 2.65. The fourth-order valence-electron chi connectivity index (χ4n) is 3.01. The highest BCUT2D eigenvalue weighted by Crippen LogP contribution is 2.20. The van der Waals surface area contributed by atoms with Crippen molar-refractivity contribution in [3.8, 4) is 0 Å². The minimum absolute atomic E-state index is 0.0157. The lowest BCUT2D eigenvalue weighted by molar-refractivity contribution is -0.151. The Kier molecular flexibility index (Phi) is 6.37. The van der Waals surface area contributed by atoms with Gasteiger partial charge in [0, 0.05) is 5.69 Å². The zero-order valence-electron chi connectivity index (χ0n) is 16.4. The molecule has 0 saturated carbocycles. The van der Waals surface area contributed by atoms with Crippen molar-refractivity contribution in [2.45, 2.75) is 18.2 Å². The van der Waals surface area contributed by atoms with Gasteiger partial charge in [-0.15, -0.1) is 0 Å². The molecule has 0 saturated heterocycles. The van der Waals surface area contributed by atoms with Crippen molar-refractivity contribution in [3.05, 3.63) is 72.3 Å². The van der Waals surface area contributed by atoms with Gasteiger partial charge < -0.3 is 10.5 Å². The smallest absolute Gasteiger partial charge is 0.318 e. The summed E-state index contributed by atoms with van der Waals surface area (Å²) in [6.45, 7) is 1.68. The molecule has 0 bridgehead atoms. The highest BCUT2D eigenvalue weighted by atomic mass is 32.2. The van der Waals surface area contributed by atoms with Gasteiger partial charge in [-0.3, -0.25) is 9.59 Å². The molecule has 156 valence electrons. The third-order valence-electron chi connectivity index (χ3n) is 4.57. The number of sulfonamides is 1. The molecule has 1 atom stereocenters. The van der Waals surface area contributed by atoms with Crippen LogP contribution < -0.4 is 10.5 Å². The first kappa shape index (κ1) is 21.3. The molecule has 0 aliphatic carbocycles. The second kappa shape index (κ2) is 8.96. The molecule has 0 spiro atoms. The highest BCUT2D eigenvalue weighted by molar-refractivity contribution is 7.90. The number of anilines is 1. The molecular weight excluding hydrogens is 404 g/mol. The Bertz CT molecular complexity index is 1170. The minimum Gasteiger partial charge on any atom is -0.465 e. The number of carbonyl (C=O) groups excluding carboxylic acids is 2. The number of esters is 1. The van der Waals surface area contributed by atoms with E-state index >= 15 is 0 Å². The van der Waals surface area contributed by atoms with Crippen LogP contribution in [0.4, 0.5) is 5.69 Å². The maximum atomic E-state index is 12.8. The summed E-state index contributed by atoms with van der Waals surface area (Å²) >= 11 is 0. The van der Waals surface area contributed by atoms with Crippen LogP contribution >= 0.6 is 0 Å². The topological polar surface area (TPSA) is 116 Å². The largest absolute Gasteiger partial charge is 0.465 e. The van der Waals surface area contributed by atoms with E-state index < -0.39 is 27.8 Å². The standard InChI is InChI=1S/C22H22N2O5S/c1-2-29-22(26)20(13-15-7-10-18(23)11-8-15)21(25)24-30(27,28)19-12-9-16-5-3-4-6-17(16)14-19/h3-12,14,20H,2,13,23H2,1H3,(H,24,25). The molecule has 0 aromatic heterocycles. The lowest BCUT2D eigenvalue weighted by Gasteiger charge is -2.16. The molecule has 0 fully saturated rings. The molecule has 0 heterocycles. The van der Waals surface area contributed by atoms with Crippen molar-refractivity contribution < 1.29 is 22.7 Å². The molecule has 0 aliphatic rings. The maximum absolute atomic E-state index is 12.8. The van der Waals surface area contributed by atoms with Gasteiger partial charge in [-0.1, -0.05) is 42.5 Å². The Morgan fingerprint density at radius 1 is 1.00 bits per heavy atom. The molecule has 1 unspecified atom stereocenters. The number of fused-ring (bicyclic) bond motifs is 1. The van der Waals surface area contributed by atoms with Crippen LogP contribution in [0.5, 0.6) is 0 Å². The lowest BCUT2D eigenvalue weighted by Crippen LogP contribution is -2.40. The summed E-state index contributed by atoms with van der Waals surface area (Å²) in [5, 5.41) is 1.59. The van der Waals surface area contributed by atoms with Gasteiger partial charge in [-0.2, -0.15) is 0 Å². The monoisotopic (exact) mass is 426 g/mol. The van der Waals surface area contributed by atoms with E-state index in [0.29, 0.717) is 11.3 Å². The number of nitrogen functional groups attached to an aromatic ring is 1. The van der Waals surface area contributed by atoms with E-state index in [2.05, 4.69) is 0 Å². The van der Waals surface area contributed by atoms with E-state index in [9.17, 15) is 18.0 Å². The number of nitrogens with two attached hydrogens (primary N) is 1. The number of hydrogen-bond acceptors (Lipinski definition) is 6. The van der Waals surface area contributed by atoms with E-state index in [4.69, 9.17) is 10.5 Å². The van der Waals surface area contributed by atoms with Crippen LogP contribution in [0.15, 0.2) is 71.6 Å². The molecule has 30 heavy (non-hydrogen) atoms. The summed E-state index contributed by atoms with van der Waals surface area (Å²) in [7, 11) is -4.17. The first-order valence-corrected chi connectivity index (χ1v) is 10.8. The van der Waals surface area contributed by atoms with Crippen LogP contribution in [0.1, 0.15) is 12.5 Å². The van der Waals surface area contributed by atoms with Gasteiger partial charge in [-0.05, 0) is 53.9 Å². The van der Waals surface area contributed by atoms with E-state index in [1.165, 1.54) is 12.1 Å². The Morgan fingerprint density at radius 2 is 1.67 bits per heavy atom. The fraction of sp³-hybridized carbons (Fsp3) is 0.182. The van der Waals surface area contributed by atoms with E-state index in [-0.39, 0.29) is 17.9 Å². The molecule has 7 nitrogen and oxygen atoms in total. The van der Waals surface area contributed by atoms with Crippen molar-refractivity contribution in [2.24, 2.45) is 5.92 Å². The van der Waals surface area contributed by atoms with Crippen molar-refractivity contribution in [3.63, 3.8) is 0 Å². The molecule has 8 heteroatoms. The average molecular weight is 426 g/mol. The zero-order chi connectivity index (χ0) is 21.7. The van der Waals surface area contributed by atoms with Crippen LogP contribution in [0.3, 0.4) is 0 Å². The number of hydrogen-bond donors (Lipinski definition) is 2. The maximum Gasteiger partial charge on any atom is 0.318 e. The van der Waals surface area contributed by atoms with Crippen molar-refractivity contribution in [2.75, 3.05) is 12.3 Å². The van der Waals surface area contributed by atoms with E-state index in [1.807, 2.05) is 16.9 Å². The van der Waals surface area contributed by atoms with Gasteiger partial charge in [0.05, 0.1) is 11.5 Å². The molecule has 3 aromatic rings. The Hall–Kier alpha value is -3.39.